The monoisotopic (exact) mass is 350 g/mol. The zero-order valence-corrected chi connectivity index (χ0v) is 13.8. The fourth-order valence-electron chi connectivity index (χ4n) is 1.75. The molecule has 1 aromatic rings. The minimum absolute atomic E-state index is 0.426. The van der Waals surface area contributed by atoms with Gasteiger partial charge in [0.25, 0.3) is 0 Å². The first kappa shape index (κ1) is 19.2. The number of alkyl halides is 3. The Labute approximate surface area is 132 Å². The van der Waals surface area contributed by atoms with Crippen LogP contribution in [0, 0.1) is 0 Å². The van der Waals surface area contributed by atoms with Crippen LogP contribution in [-0.2, 0) is 25.4 Å². The molecule has 9 heteroatoms. The number of aliphatic carboxylic acids is 1. The van der Waals surface area contributed by atoms with Gasteiger partial charge in [0, 0.05) is 0 Å². The molecular formula is C14H17F3O5Si. The number of carboxylic acids is 1. The summed E-state index contributed by atoms with van der Waals surface area (Å²) in [6.45, 7) is 3.56. The maximum absolute atomic E-state index is 13.3. The van der Waals surface area contributed by atoms with E-state index in [4.69, 9.17) is 9.53 Å². The summed E-state index contributed by atoms with van der Waals surface area (Å²) in [5, 5.41) is 9.07. The fraction of sp³-hybridized carbons (Fsp3) is 0.429. The lowest BCUT2D eigenvalue weighted by molar-refractivity contribution is -0.256. The van der Waals surface area contributed by atoms with Crippen molar-refractivity contribution in [1.29, 1.82) is 0 Å². The molecule has 128 valence electrons. The topological polar surface area (TPSA) is 72.8 Å². The summed E-state index contributed by atoms with van der Waals surface area (Å²) in [6.07, 6.45) is -5.45. The number of hydrogen-bond acceptors (Lipinski definition) is 4. The molecule has 0 radical (unpaired) electrons. The van der Waals surface area contributed by atoms with Crippen molar-refractivity contribution in [2.24, 2.45) is 0 Å². The van der Waals surface area contributed by atoms with E-state index in [1.807, 2.05) is 0 Å². The second kappa shape index (κ2) is 6.71. The van der Waals surface area contributed by atoms with Crippen molar-refractivity contribution in [3.05, 3.63) is 35.9 Å². The molecule has 0 heterocycles. The van der Waals surface area contributed by atoms with E-state index in [2.05, 4.69) is 4.74 Å². The smallest absolute Gasteiger partial charge is 0.438 e. The highest BCUT2D eigenvalue weighted by Gasteiger charge is 2.70. The van der Waals surface area contributed by atoms with E-state index in [0.29, 0.717) is 5.56 Å². The van der Waals surface area contributed by atoms with Crippen molar-refractivity contribution in [2.45, 2.75) is 38.0 Å². The molecule has 1 N–H and O–H groups in total. The normalized spacial score (nSPS) is 14.9. The van der Waals surface area contributed by atoms with Crippen LogP contribution in [0.2, 0.25) is 19.6 Å². The molecule has 0 amide bonds. The molecule has 23 heavy (non-hydrogen) atoms. The molecular weight excluding hydrogens is 333 g/mol. The summed E-state index contributed by atoms with van der Waals surface area (Å²) in [7, 11) is -3.04. The maximum atomic E-state index is 13.3. The number of halogens is 3. The lowest BCUT2D eigenvalue weighted by Gasteiger charge is -2.34. The molecule has 1 unspecified atom stereocenters. The van der Waals surface area contributed by atoms with E-state index >= 15 is 0 Å². The van der Waals surface area contributed by atoms with Crippen LogP contribution >= 0.6 is 0 Å². The van der Waals surface area contributed by atoms with Crippen LogP contribution in [-0.4, -0.2) is 37.1 Å². The average Bonchev–Trinajstić information content (AvgIpc) is 2.40. The first-order valence-electron chi connectivity index (χ1n) is 6.61. The largest absolute Gasteiger partial charge is 0.478 e. The van der Waals surface area contributed by atoms with E-state index in [1.54, 1.807) is 18.2 Å². The molecule has 0 aliphatic carbocycles. The van der Waals surface area contributed by atoms with Gasteiger partial charge in [-0.2, -0.15) is 13.2 Å². The van der Waals surface area contributed by atoms with Crippen LogP contribution < -0.4 is 0 Å². The molecule has 0 spiro atoms. The highest BCUT2D eigenvalue weighted by molar-refractivity contribution is 6.70. The molecule has 0 aliphatic heterocycles. The zero-order chi connectivity index (χ0) is 17.9. The van der Waals surface area contributed by atoms with Crippen molar-refractivity contribution in [1.82, 2.24) is 0 Å². The first-order chi connectivity index (χ1) is 10.4. The van der Waals surface area contributed by atoms with Crippen LogP contribution in [0.1, 0.15) is 5.56 Å². The number of esters is 1. The van der Waals surface area contributed by atoms with Gasteiger partial charge in [0.05, 0.1) is 0 Å². The summed E-state index contributed by atoms with van der Waals surface area (Å²) in [4.78, 5) is 23.3. The third-order valence-corrected chi connectivity index (χ3v) is 3.58. The standard InChI is InChI=1S/C14H17F3O5Si/c1-23(2,3)22-13(11(18)19,14(15,16)17)12(20)21-9-10-7-5-4-6-8-10/h4-8H,9H2,1-3H3,(H,18,19). The summed E-state index contributed by atoms with van der Waals surface area (Å²) in [5.74, 6) is -4.42. The second-order valence-corrected chi connectivity index (χ2v) is 10.2. The van der Waals surface area contributed by atoms with Gasteiger partial charge in [-0.05, 0) is 25.2 Å². The van der Waals surface area contributed by atoms with Gasteiger partial charge < -0.3 is 14.3 Å². The number of carboxylic acid groups (broad SMARTS) is 1. The van der Waals surface area contributed by atoms with Gasteiger partial charge in [-0.25, -0.2) is 9.59 Å². The Bertz CT molecular complexity index is 568. The van der Waals surface area contributed by atoms with Gasteiger partial charge in [0.2, 0.25) is 0 Å². The van der Waals surface area contributed by atoms with E-state index in [0.717, 1.165) is 0 Å². The molecule has 0 bridgehead atoms. The number of ether oxygens (including phenoxy) is 1. The molecule has 5 nitrogen and oxygen atoms in total. The summed E-state index contributed by atoms with van der Waals surface area (Å²) in [5.41, 5.74) is -3.60. The molecule has 1 atom stereocenters. The molecule has 1 rings (SSSR count). The van der Waals surface area contributed by atoms with Crippen molar-refractivity contribution < 1.29 is 37.0 Å². The Hall–Kier alpha value is -1.87. The Morgan fingerprint density at radius 2 is 1.65 bits per heavy atom. The fourth-order valence-corrected chi connectivity index (χ4v) is 2.96. The Balaban J connectivity index is 3.12. The van der Waals surface area contributed by atoms with Gasteiger partial charge in [-0.3, -0.25) is 0 Å². The highest BCUT2D eigenvalue weighted by Crippen LogP contribution is 2.38. The number of carbonyl (C=O) groups is 2. The minimum atomic E-state index is -5.45. The number of hydrogen-bond donors (Lipinski definition) is 1. The molecule has 0 saturated heterocycles. The Kier molecular flexibility index (Phi) is 5.59. The van der Waals surface area contributed by atoms with Gasteiger partial charge in [-0.15, -0.1) is 0 Å². The predicted molar refractivity (Wildman–Crippen MR) is 77.1 cm³/mol. The summed E-state index contributed by atoms with van der Waals surface area (Å²) < 4.78 is 49.4. The van der Waals surface area contributed by atoms with Crippen molar-refractivity contribution >= 4 is 20.3 Å². The third kappa shape index (κ3) is 4.55. The Morgan fingerprint density at radius 1 is 1.13 bits per heavy atom. The second-order valence-electron chi connectivity index (χ2n) is 5.76. The maximum Gasteiger partial charge on any atom is 0.438 e. The van der Waals surface area contributed by atoms with E-state index in [-0.39, 0.29) is 0 Å². The van der Waals surface area contributed by atoms with Gasteiger partial charge >= 0.3 is 23.7 Å². The number of carbonyl (C=O) groups excluding carboxylic acids is 1. The molecule has 1 aromatic carbocycles. The SMILES string of the molecule is C[Si](C)(C)OC(C(=O)O)(C(=O)OCc1ccccc1)C(F)(F)F. The quantitative estimate of drug-likeness (QED) is 0.485. The van der Waals surface area contributed by atoms with Crippen molar-refractivity contribution in [2.75, 3.05) is 0 Å². The summed E-state index contributed by atoms with van der Waals surface area (Å²) >= 11 is 0. The van der Waals surface area contributed by atoms with E-state index < -0.39 is 38.6 Å². The molecule has 0 aliphatic rings. The zero-order valence-electron chi connectivity index (χ0n) is 12.8. The van der Waals surface area contributed by atoms with Crippen LogP contribution in [0.3, 0.4) is 0 Å². The highest BCUT2D eigenvalue weighted by atomic mass is 28.4. The number of rotatable bonds is 6. The summed E-state index contributed by atoms with van der Waals surface area (Å²) in [6, 6.07) is 7.95. The van der Waals surface area contributed by atoms with Crippen molar-refractivity contribution in [3.63, 3.8) is 0 Å². The number of benzene rings is 1. The lowest BCUT2D eigenvalue weighted by atomic mass is 10.0. The molecule has 0 fully saturated rings. The molecule has 0 saturated carbocycles. The average molecular weight is 350 g/mol. The predicted octanol–water partition coefficient (Wildman–Crippen LogP) is 2.97. The van der Waals surface area contributed by atoms with E-state index in [9.17, 15) is 22.8 Å². The van der Waals surface area contributed by atoms with Gasteiger partial charge in [0.15, 0.2) is 8.32 Å². The van der Waals surface area contributed by atoms with Crippen LogP contribution in [0.25, 0.3) is 0 Å². The third-order valence-electron chi connectivity index (χ3n) is 2.66. The first-order valence-corrected chi connectivity index (χ1v) is 10.0. The van der Waals surface area contributed by atoms with Crippen LogP contribution in [0.15, 0.2) is 30.3 Å². The van der Waals surface area contributed by atoms with E-state index in [1.165, 1.54) is 31.8 Å². The minimum Gasteiger partial charge on any atom is -0.478 e. The van der Waals surface area contributed by atoms with Gasteiger partial charge in [0.1, 0.15) is 6.61 Å². The van der Waals surface area contributed by atoms with Crippen molar-refractivity contribution in [3.8, 4) is 0 Å². The lowest BCUT2D eigenvalue weighted by Crippen LogP contribution is -2.64. The Morgan fingerprint density at radius 3 is 2.04 bits per heavy atom. The van der Waals surface area contributed by atoms with Crippen LogP contribution in [0.4, 0.5) is 13.2 Å². The van der Waals surface area contributed by atoms with Gasteiger partial charge in [-0.1, -0.05) is 30.3 Å². The van der Waals surface area contributed by atoms with Crippen LogP contribution in [0.5, 0.6) is 0 Å². The molecule has 0 aromatic heterocycles.